The quantitative estimate of drug-likeness (QED) is 0.726. The molecule has 0 unspecified atom stereocenters. The summed E-state index contributed by atoms with van der Waals surface area (Å²) < 4.78 is 11.7. The predicted molar refractivity (Wildman–Crippen MR) is 57.4 cm³/mol. The first-order valence-electron chi connectivity index (χ1n) is 5.69. The van der Waals surface area contributed by atoms with Crippen molar-refractivity contribution in [3.05, 3.63) is 12.2 Å². The molecule has 86 valence electrons. The van der Waals surface area contributed by atoms with Crippen molar-refractivity contribution in [1.82, 2.24) is 0 Å². The molecule has 0 aromatic heterocycles. The molecule has 3 atom stereocenters. The van der Waals surface area contributed by atoms with Gasteiger partial charge in [-0.25, -0.2) is 0 Å². The van der Waals surface area contributed by atoms with Crippen LogP contribution in [0, 0.1) is 5.41 Å². The van der Waals surface area contributed by atoms with Crippen molar-refractivity contribution in [1.29, 1.82) is 0 Å². The fraction of sp³-hybridized carbons (Fsp3) is 0.833. The highest BCUT2D eigenvalue weighted by Gasteiger charge is 2.52. The average molecular weight is 212 g/mol. The van der Waals surface area contributed by atoms with E-state index in [1.165, 1.54) is 0 Å². The van der Waals surface area contributed by atoms with Crippen LogP contribution in [0.25, 0.3) is 0 Å². The molecule has 1 N–H and O–H groups in total. The first-order valence-corrected chi connectivity index (χ1v) is 5.69. The summed E-state index contributed by atoms with van der Waals surface area (Å²) in [5.41, 5.74) is -0.0345. The molecule has 0 saturated carbocycles. The third-order valence-corrected chi connectivity index (χ3v) is 3.55. The summed E-state index contributed by atoms with van der Waals surface area (Å²) in [6.45, 7) is 6.22. The topological polar surface area (TPSA) is 38.7 Å². The van der Waals surface area contributed by atoms with E-state index in [4.69, 9.17) is 14.6 Å². The Kier molecular flexibility index (Phi) is 2.65. The van der Waals surface area contributed by atoms with E-state index in [1.54, 1.807) is 0 Å². The van der Waals surface area contributed by atoms with E-state index < -0.39 is 5.79 Å². The molecule has 0 amide bonds. The van der Waals surface area contributed by atoms with Crippen molar-refractivity contribution in [2.45, 2.75) is 51.6 Å². The van der Waals surface area contributed by atoms with Gasteiger partial charge >= 0.3 is 0 Å². The second kappa shape index (κ2) is 3.58. The Balaban J connectivity index is 2.20. The molecule has 3 heteroatoms. The molecule has 1 aliphatic heterocycles. The average Bonchev–Trinajstić information content (AvgIpc) is 2.62. The lowest BCUT2D eigenvalue weighted by Gasteiger charge is -2.32. The number of aliphatic hydroxyl groups is 1. The molecule has 0 radical (unpaired) electrons. The zero-order valence-corrected chi connectivity index (χ0v) is 9.69. The van der Waals surface area contributed by atoms with Crippen molar-refractivity contribution < 1.29 is 14.6 Å². The Morgan fingerprint density at radius 1 is 1.33 bits per heavy atom. The zero-order valence-electron chi connectivity index (χ0n) is 9.69. The van der Waals surface area contributed by atoms with Crippen LogP contribution in [-0.2, 0) is 9.47 Å². The maximum absolute atomic E-state index is 9.14. The SMILES string of the molecule is CC[C@]1(CCO)C=C[C@H]2OC(C)(C)O[C@H]21. The van der Waals surface area contributed by atoms with Crippen LogP contribution in [0.4, 0.5) is 0 Å². The van der Waals surface area contributed by atoms with E-state index in [1.807, 2.05) is 13.8 Å². The molecule has 2 aliphatic rings. The molecule has 2 rings (SSSR count). The van der Waals surface area contributed by atoms with Crippen molar-refractivity contribution in [2.75, 3.05) is 6.61 Å². The molecule has 3 nitrogen and oxygen atoms in total. The number of rotatable bonds is 3. The first kappa shape index (κ1) is 11.1. The molecular weight excluding hydrogens is 192 g/mol. The molecule has 1 aliphatic carbocycles. The van der Waals surface area contributed by atoms with Gasteiger partial charge in [0, 0.05) is 12.0 Å². The molecule has 0 spiro atoms. The van der Waals surface area contributed by atoms with Gasteiger partial charge in [-0.05, 0) is 26.7 Å². The van der Waals surface area contributed by atoms with Gasteiger partial charge in [-0.2, -0.15) is 0 Å². The van der Waals surface area contributed by atoms with Gasteiger partial charge < -0.3 is 14.6 Å². The van der Waals surface area contributed by atoms with Crippen LogP contribution in [0.5, 0.6) is 0 Å². The Morgan fingerprint density at radius 2 is 2.07 bits per heavy atom. The summed E-state index contributed by atoms with van der Waals surface area (Å²) in [4.78, 5) is 0. The number of aliphatic hydroxyl groups excluding tert-OH is 1. The fourth-order valence-electron chi connectivity index (χ4n) is 2.69. The van der Waals surface area contributed by atoms with E-state index in [0.29, 0.717) is 0 Å². The van der Waals surface area contributed by atoms with Crippen LogP contribution in [0.15, 0.2) is 12.2 Å². The predicted octanol–water partition coefficient (Wildman–Crippen LogP) is 1.86. The van der Waals surface area contributed by atoms with Crippen molar-refractivity contribution in [2.24, 2.45) is 5.41 Å². The van der Waals surface area contributed by atoms with Gasteiger partial charge in [0.2, 0.25) is 0 Å². The van der Waals surface area contributed by atoms with Gasteiger partial charge in [0.1, 0.15) is 6.10 Å². The molecular formula is C12H20O3. The maximum Gasteiger partial charge on any atom is 0.164 e. The monoisotopic (exact) mass is 212 g/mol. The highest BCUT2D eigenvalue weighted by Crippen LogP contribution is 2.48. The van der Waals surface area contributed by atoms with E-state index >= 15 is 0 Å². The van der Waals surface area contributed by atoms with Crippen LogP contribution < -0.4 is 0 Å². The Morgan fingerprint density at radius 3 is 2.67 bits per heavy atom. The third-order valence-electron chi connectivity index (χ3n) is 3.55. The highest BCUT2D eigenvalue weighted by atomic mass is 16.8. The van der Waals surface area contributed by atoms with Crippen LogP contribution in [-0.4, -0.2) is 29.7 Å². The van der Waals surface area contributed by atoms with Crippen molar-refractivity contribution in [3.8, 4) is 0 Å². The molecule has 0 aromatic rings. The third kappa shape index (κ3) is 1.73. The summed E-state index contributed by atoms with van der Waals surface area (Å²) in [5, 5.41) is 9.14. The summed E-state index contributed by atoms with van der Waals surface area (Å²) in [5.74, 6) is -0.490. The van der Waals surface area contributed by atoms with Gasteiger partial charge in [-0.1, -0.05) is 19.1 Å². The van der Waals surface area contributed by atoms with E-state index in [0.717, 1.165) is 12.8 Å². The lowest BCUT2D eigenvalue weighted by Crippen LogP contribution is -2.36. The lowest BCUT2D eigenvalue weighted by molar-refractivity contribution is -0.155. The van der Waals surface area contributed by atoms with Gasteiger partial charge in [0.15, 0.2) is 5.79 Å². The number of hydrogen-bond acceptors (Lipinski definition) is 3. The van der Waals surface area contributed by atoms with Gasteiger partial charge in [-0.15, -0.1) is 0 Å². The van der Waals surface area contributed by atoms with Crippen LogP contribution in [0.1, 0.15) is 33.6 Å². The summed E-state index contributed by atoms with van der Waals surface area (Å²) in [7, 11) is 0. The summed E-state index contributed by atoms with van der Waals surface area (Å²) in [6, 6.07) is 0. The van der Waals surface area contributed by atoms with Crippen LogP contribution in [0.3, 0.4) is 0 Å². The minimum Gasteiger partial charge on any atom is -0.396 e. The van der Waals surface area contributed by atoms with E-state index in [-0.39, 0.29) is 24.2 Å². The molecule has 1 saturated heterocycles. The minimum absolute atomic E-state index is 0.0345. The lowest BCUT2D eigenvalue weighted by atomic mass is 9.79. The largest absolute Gasteiger partial charge is 0.396 e. The molecule has 0 aromatic carbocycles. The van der Waals surface area contributed by atoms with Gasteiger partial charge in [0.25, 0.3) is 0 Å². The number of hydrogen-bond donors (Lipinski definition) is 1. The number of ether oxygens (including phenoxy) is 2. The smallest absolute Gasteiger partial charge is 0.164 e. The number of fused-ring (bicyclic) bond motifs is 1. The normalized spacial score (nSPS) is 42.1. The standard InChI is InChI=1S/C12H20O3/c1-4-12(7-8-13)6-5-9-10(12)15-11(2,3)14-9/h5-6,9-10,13H,4,7-8H2,1-3H3/t9-,10-,12-/m1/s1. The summed E-state index contributed by atoms with van der Waals surface area (Å²) >= 11 is 0. The van der Waals surface area contributed by atoms with Gasteiger partial charge in [0.05, 0.1) is 6.10 Å². The second-order valence-electron chi connectivity index (χ2n) is 4.94. The maximum atomic E-state index is 9.14. The van der Waals surface area contributed by atoms with Crippen LogP contribution >= 0.6 is 0 Å². The van der Waals surface area contributed by atoms with Crippen molar-refractivity contribution in [3.63, 3.8) is 0 Å². The molecule has 15 heavy (non-hydrogen) atoms. The Bertz CT molecular complexity index is 272. The van der Waals surface area contributed by atoms with E-state index in [2.05, 4.69) is 19.1 Å². The molecule has 1 fully saturated rings. The Hall–Kier alpha value is -0.380. The van der Waals surface area contributed by atoms with Gasteiger partial charge in [-0.3, -0.25) is 0 Å². The molecule has 1 heterocycles. The first-order chi connectivity index (χ1) is 7.03. The Labute approximate surface area is 91.1 Å². The summed E-state index contributed by atoms with van der Waals surface area (Å²) in [6.07, 6.45) is 6.11. The van der Waals surface area contributed by atoms with E-state index in [9.17, 15) is 0 Å². The van der Waals surface area contributed by atoms with Crippen molar-refractivity contribution >= 4 is 0 Å². The zero-order chi connectivity index (χ0) is 11.1. The van der Waals surface area contributed by atoms with Crippen LogP contribution in [0.2, 0.25) is 0 Å². The molecule has 0 bridgehead atoms. The minimum atomic E-state index is -0.490. The fourth-order valence-corrected chi connectivity index (χ4v) is 2.69. The second-order valence-corrected chi connectivity index (χ2v) is 4.94. The highest BCUT2D eigenvalue weighted by molar-refractivity contribution is 5.19.